The Morgan fingerprint density at radius 3 is 2.74 bits per heavy atom. The molecule has 0 spiro atoms. The summed E-state index contributed by atoms with van der Waals surface area (Å²) in [5.41, 5.74) is 3.86. The summed E-state index contributed by atoms with van der Waals surface area (Å²) in [6, 6.07) is 11.9. The van der Waals surface area contributed by atoms with Gasteiger partial charge in [-0.25, -0.2) is 0 Å². The van der Waals surface area contributed by atoms with Crippen LogP contribution in [0.3, 0.4) is 0 Å². The Morgan fingerprint density at radius 2 is 2.00 bits per heavy atom. The molecule has 0 saturated heterocycles. The smallest absolute Gasteiger partial charge is 0.277 e. The van der Waals surface area contributed by atoms with Crippen molar-refractivity contribution in [2.75, 3.05) is 19.5 Å². The SMILES string of the molecule is COCCn1c(C)cc(C(=O)CSc2nnc(Cc3ccccc3)o2)c1C. The highest BCUT2D eigenvalue weighted by atomic mass is 32.2. The number of carbonyl (C=O) groups is 1. The number of Topliss-reactive ketones (excluding diaryl/α,β-unsaturated/α-hetero) is 1. The molecule has 0 saturated carbocycles. The molecule has 2 aromatic heterocycles. The van der Waals surface area contributed by atoms with Gasteiger partial charge in [-0.1, -0.05) is 42.1 Å². The lowest BCUT2D eigenvalue weighted by Gasteiger charge is -2.08. The molecule has 0 aliphatic heterocycles. The van der Waals surface area contributed by atoms with Crippen molar-refractivity contribution in [3.63, 3.8) is 0 Å². The molecule has 0 amide bonds. The molecule has 0 aliphatic carbocycles. The van der Waals surface area contributed by atoms with Crippen LogP contribution in [0.1, 0.15) is 33.2 Å². The Balaban J connectivity index is 1.60. The monoisotopic (exact) mass is 385 g/mol. The van der Waals surface area contributed by atoms with E-state index in [2.05, 4.69) is 14.8 Å². The highest BCUT2D eigenvalue weighted by Gasteiger charge is 2.17. The number of methoxy groups -OCH3 is 1. The number of benzene rings is 1. The van der Waals surface area contributed by atoms with E-state index in [0.717, 1.165) is 29.1 Å². The van der Waals surface area contributed by atoms with Crippen LogP contribution in [0.4, 0.5) is 0 Å². The molecule has 0 bridgehead atoms. The predicted octanol–water partition coefficient (Wildman–Crippen LogP) is 3.70. The number of rotatable bonds is 9. The molecule has 0 fully saturated rings. The average Bonchev–Trinajstić information content (AvgIpc) is 3.23. The van der Waals surface area contributed by atoms with Gasteiger partial charge in [-0.15, -0.1) is 10.2 Å². The molecule has 3 rings (SSSR count). The van der Waals surface area contributed by atoms with Gasteiger partial charge in [0, 0.05) is 30.6 Å². The van der Waals surface area contributed by atoms with E-state index in [4.69, 9.17) is 9.15 Å². The van der Waals surface area contributed by atoms with Crippen molar-refractivity contribution in [3.05, 3.63) is 64.8 Å². The molecule has 7 heteroatoms. The molecular formula is C20H23N3O3S. The number of nitrogens with zero attached hydrogens (tertiary/aromatic N) is 3. The van der Waals surface area contributed by atoms with Crippen LogP contribution >= 0.6 is 11.8 Å². The molecule has 0 N–H and O–H groups in total. The Bertz CT molecular complexity index is 903. The van der Waals surface area contributed by atoms with Crippen molar-refractivity contribution in [1.82, 2.24) is 14.8 Å². The van der Waals surface area contributed by atoms with Crippen molar-refractivity contribution in [2.24, 2.45) is 0 Å². The first-order chi connectivity index (χ1) is 13.1. The maximum absolute atomic E-state index is 12.6. The normalized spacial score (nSPS) is 11.1. The molecule has 1 aromatic carbocycles. The van der Waals surface area contributed by atoms with E-state index in [0.29, 0.717) is 24.1 Å². The van der Waals surface area contributed by atoms with Crippen molar-refractivity contribution < 1.29 is 13.9 Å². The third-order valence-electron chi connectivity index (χ3n) is 4.37. The van der Waals surface area contributed by atoms with E-state index in [1.165, 1.54) is 11.8 Å². The number of aromatic nitrogens is 3. The van der Waals surface area contributed by atoms with Gasteiger partial charge in [-0.2, -0.15) is 0 Å². The topological polar surface area (TPSA) is 70.2 Å². The second-order valence-corrected chi connectivity index (χ2v) is 7.19. The van der Waals surface area contributed by atoms with E-state index >= 15 is 0 Å². The third-order valence-corrected chi connectivity index (χ3v) is 5.18. The summed E-state index contributed by atoms with van der Waals surface area (Å²) in [7, 11) is 1.67. The van der Waals surface area contributed by atoms with Crippen LogP contribution in [0, 0.1) is 13.8 Å². The van der Waals surface area contributed by atoms with Crippen molar-refractivity contribution in [2.45, 2.75) is 32.0 Å². The number of thioether (sulfide) groups is 1. The number of ether oxygens (including phenoxy) is 1. The molecule has 0 radical (unpaired) electrons. The number of aryl methyl sites for hydroxylation is 1. The van der Waals surface area contributed by atoms with Gasteiger partial charge in [0.05, 0.1) is 18.8 Å². The summed E-state index contributed by atoms with van der Waals surface area (Å²) in [5, 5.41) is 8.52. The van der Waals surface area contributed by atoms with Crippen molar-refractivity contribution >= 4 is 17.5 Å². The van der Waals surface area contributed by atoms with Crippen LogP contribution in [-0.4, -0.2) is 40.0 Å². The summed E-state index contributed by atoms with van der Waals surface area (Å²) in [6.45, 7) is 5.32. The fourth-order valence-corrected chi connectivity index (χ4v) is 3.62. The van der Waals surface area contributed by atoms with Crippen LogP contribution < -0.4 is 0 Å². The van der Waals surface area contributed by atoms with Crippen LogP contribution in [0.5, 0.6) is 0 Å². The van der Waals surface area contributed by atoms with Crippen molar-refractivity contribution in [3.8, 4) is 0 Å². The number of hydrogen-bond acceptors (Lipinski definition) is 6. The van der Waals surface area contributed by atoms with Crippen LogP contribution in [-0.2, 0) is 17.7 Å². The van der Waals surface area contributed by atoms with Crippen LogP contribution in [0.2, 0.25) is 0 Å². The Labute approximate surface area is 162 Å². The molecule has 0 unspecified atom stereocenters. The van der Waals surface area contributed by atoms with E-state index < -0.39 is 0 Å². The van der Waals surface area contributed by atoms with E-state index in [1.54, 1.807) is 7.11 Å². The molecule has 0 atom stereocenters. The highest BCUT2D eigenvalue weighted by Crippen LogP contribution is 2.22. The Morgan fingerprint density at radius 1 is 1.22 bits per heavy atom. The van der Waals surface area contributed by atoms with Crippen LogP contribution in [0.25, 0.3) is 0 Å². The van der Waals surface area contributed by atoms with Gasteiger partial charge < -0.3 is 13.7 Å². The summed E-state index contributed by atoms with van der Waals surface area (Å²) >= 11 is 1.27. The second-order valence-electron chi connectivity index (χ2n) is 6.27. The van der Waals surface area contributed by atoms with Crippen LogP contribution in [0.15, 0.2) is 46.0 Å². The average molecular weight is 385 g/mol. The maximum atomic E-state index is 12.6. The summed E-state index contributed by atoms with van der Waals surface area (Å²) < 4.78 is 12.9. The fraction of sp³-hybridized carbons (Fsp3) is 0.350. The van der Waals surface area contributed by atoms with E-state index in [-0.39, 0.29) is 11.5 Å². The lowest BCUT2D eigenvalue weighted by atomic mass is 10.2. The largest absolute Gasteiger partial charge is 0.416 e. The molecule has 142 valence electrons. The van der Waals surface area contributed by atoms with Crippen molar-refractivity contribution in [1.29, 1.82) is 0 Å². The second kappa shape index (κ2) is 9.01. The quantitative estimate of drug-likeness (QED) is 0.413. The summed E-state index contributed by atoms with van der Waals surface area (Å²) in [6.07, 6.45) is 0.586. The highest BCUT2D eigenvalue weighted by molar-refractivity contribution is 7.99. The fourth-order valence-electron chi connectivity index (χ4n) is 2.95. The minimum atomic E-state index is 0.0552. The minimum absolute atomic E-state index is 0.0552. The first-order valence-electron chi connectivity index (χ1n) is 8.76. The van der Waals surface area contributed by atoms with Gasteiger partial charge >= 0.3 is 0 Å². The van der Waals surface area contributed by atoms with Gasteiger partial charge in [-0.05, 0) is 25.5 Å². The lowest BCUT2D eigenvalue weighted by molar-refractivity contribution is 0.102. The minimum Gasteiger partial charge on any atom is -0.416 e. The number of hydrogen-bond donors (Lipinski definition) is 0. The molecule has 6 nitrogen and oxygen atoms in total. The molecule has 0 aliphatic rings. The van der Waals surface area contributed by atoms with E-state index in [9.17, 15) is 4.79 Å². The number of ketones is 1. The molecule has 3 aromatic rings. The predicted molar refractivity (Wildman–Crippen MR) is 104 cm³/mol. The first kappa shape index (κ1) is 19.4. The van der Waals surface area contributed by atoms with Gasteiger partial charge in [0.2, 0.25) is 5.89 Å². The third kappa shape index (κ3) is 4.87. The Kier molecular flexibility index (Phi) is 6.47. The lowest BCUT2D eigenvalue weighted by Crippen LogP contribution is -2.09. The standard InChI is InChI=1S/C20H23N3O3S/c1-14-11-17(15(2)23(14)9-10-25-3)18(24)13-27-20-22-21-19(26-20)12-16-7-5-4-6-8-16/h4-8,11H,9-10,12-13H2,1-3H3. The number of carbonyl (C=O) groups excluding carboxylic acids is 1. The van der Waals surface area contributed by atoms with Gasteiger partial charge in [0.15, 0.2) is 5.78 Å². The van der Waals surface area contributed by atoms with Gasteiger partial charge in [0.25, 0.3) is 5.22 Å². The summed E-state index contributed by atoms with van der Waals surface area (Å²) in [5.74, 6) is 0.870. The van der Waals surface area contributed by atoms with E-state index in [1.807, 2.05) is 50.2 Å². The molecule has 27 heavy (non-hydrogen) atoms. The first-order valence-corrected chi connectivity index (χ1v) is 9.75. The Hall–Kier alpha value is -2.38. The zero-order chi connectivity index (χ0) is 19.2. The summed E-state index contributed by atoms with van der Waals surface area (Å²) in [4.78, 5) is 12.6. The van der Waals surface area contributed by atoms with Gasteiger partial charge in [0.1, 0.15) is 0 Å². The maximum Gasteiger partial charge on any atom is 0.277 e. The molecular weight excluding hydrogens is 362 g/mol. The van der Waals surface area contributed by atoms with Gasteiger partial charge in [-0.3, -0.25) is 4.79 Å². The zero-order valence-corrected chi connectivity index (χ0v) is 16.6. The zero-order valence-electron chi connectivity index (χ0n) is 15.8. The molecule has 2 heterocycles.